The molecule has 1 saturated carbocycles. The summed E-state index contributed by atoms with van der Waals surface area (Å²) in [4.78, 5) is 33.9. The predicted octanol–water partition coefficient (Wildman–Crippen LogP) is -0.455. The second kappa shape index (κ2) is 6.39. The van der Waals surface area contributed by atoms with Gasteiger partial charge in [0, 0.05) is 23.5 Å². The summed E-state index contributed by atoms with van der Waals surface area (Å²) in [7, 11) is 0. The van der Waals surface area contributed by atoms with Crippen LogP contribution in [-0.2, 0) is 9.59 Å². The maximum atomic E-state index is 12.2. The van der Waals surface area contributed by atoms with Gasteiger partial charge < -0.3 is 25.1 Å². The molecule has 112 valence electrons. The van der Waals surface area contributed by atoms with Gasteiger partial charge >= 0.3 is 0 Å². The number of anilines is 1. The van der Waals surface area contributed by atoms with Gasteiger partial charge in [-0.25, -0.2) is 0 Å². The highest BCUT2D eigenvalue weighted by Crippen LogP contribution is 2.30. The van der Waals surface area contributed by atoms with Gasteiger partial charge in [0.2, 0.25) is 5.91 Å². The molecule has 1 N–H and O–H groups in total. The first-order chi connectivity index (χ1) is 9.99. The molecular formula is C15H15NO5-2. The summed E-state index contributed by atoms with van der Waals surface area (Å²) in [6, 6.07) is 5.53. The number of carboxylic acid groups (broad SMARTS) is 2. The van der Waals surface area contributed by atoms with Crippen molar-refractivity contribution in [2.45, 2.75) is 25.7 Å². The normalized spacial score (nSPS) is 21.5. The number of benzene rings is 1. The molecule has 2 atom stereocenters. The van der Waals surface area contributed by atoms with Crippen molar-refractivity contribution in [1.82, 2.24) is 0 Å². The molecule has 6 nitrogen and oxygen atoms in total. The van der Waals surface area contributed by atoms with Crippen LogP contribution < -0.4 is 15.5 Å². The average molecular weight is 289 g/mol. The Morgan fingerprint density at radius 1 is 0.952 bits per heavy atom. The molecule has 0 bridgehead atoms. The van der Waals surface area contributed by atoms with Crippen LogP contribution in [0.4, 0.5) is 5.69 Å². The van der Waals surface area contributed by atoms with E-state index >= 15 is 0 Å². The number of aromatic carboxylic acids is 1. The Morgan fingerprint density at radius 2 is 1.52 bits per heavy atom. The minimum absolute atomic E-state index is 0.0123. The summed E-state index contributed by atoms with van der Waals surface area (Å²) in [5, 5.41) is 24.3. The number of carboxylic acids is 2. The van der Waals surface area contributed by atoms with E-state index in [0.29, 0.717) is 18.5 Å². The largest absolute Gasteiger partial charge is 0.550 e. The third-order valence-electron chi connectivity index (χ3n) is 3.79. The first-order valence-corrected chi connectivity index (χ1v) is 6.82. The zero-order chi connectivity index (χ0) is 15.4. The first-order valence-electron chi connectivity index (χ1n) is 6.82. The quantitative estimate of drug-likeness (QED) is 0.807. The molecule has 0 radical (unpaired) electrons. The van der Waals surface area contributed by atoms with E-state index in [1.807, 2.05) is 0 Å². The Labute approximate surface area is 121 Å². The first kappa shape index (κ1) is 15.0. The highest BCUT2D eigenvalue weighted by atomic mass is 16.4. The van der Waals surface area contributed by atoms with Gasteiger partial charge in [-0.15, -0.1) is 0 Å². The minimum Gasteiger partial charge on any atom is -0.550 e. The lowest BCUT2D eigenvalue weighted by atomic mass is 9.78. The van der Waals surface area contributed by atoms with Crippen LogP contribution in [0.3, 0.4) is 0 Å². The van der Waals surface area contributed by atoms with Gasteiger partial charge in [-0.2, -0.15) is 0 Å². The molecule has 0 heterocycles. The Morgan fingerprint density at radius 3 is 2.05 bits per heavy atom. The van der Waals surface area contributed by atoms with E-state index in [1.165, 1.54) is 24.3 Å². The molecule has 0 saturated heterocycles. The molecule has 1 aromatic carbocycles. The molecule has 1 aliphatic rings. The Balaban J connectivity index is 2.05. The van der Waals surface area contributed by atoms with Gasteiger partial charge in [-0.1, -0.05) is 25.0 Å². The molecule has 0 aliphatic heterocycles. The van der Waals surface area contributed by atoms with Crippen molar-refractivity contribution in [3.8, 4) is 0 Å². The average Bonchev–Trinajstić information content (AvgIpc) is 2.47. The van der Waals surface area contributed by atoms with Gasteiger partial charge in [0.05, 0.1) is 5.97 Å². The van der Waals surface area contributed by atoms with Gasteiger partial charge in [0.25, 0.3) is 0 Å². The number of aliphatic carboxylic acids is 1. The van der Waals surface area contributed by atoms with Crippen molar-refractivity contribution < 1.29 is 24.6 Å². The van der Waals surface area contributed by atoms with E-state index in [2.05, 4.69) is 5.32 Å². The highest BCUT2D eigenvalue weighted by molar-refractivity contribution is 5.95. The standard InChI is InChI=1S/C15H17NO5/c17-13(11-3-1-2-4-12(11)15(20)21)16-10-7-5-9(6-8-10)14(18)19/h5-8,11-12H,1-4H2,(H,16,17)(H,18,19)(H,20,21)/p-2/t11-,12-/m0/s1. The molecule has 0 spiro atoms. The number of amides is 1. The fraction of sp³-hybridized carbons (Fsp3) is 0.400. The zero-order valence-corrected chi connectivity index (χ0v) is 11.3. The van der Waals surface area contributed by atoms with Gasteiger partial charge in [-0.05, 0) is 30.5 Å². The summed E-state index contributed by atoms with van der Waals surface area (Å²) >= 11 is 0. The van der Waals surface area contributed by atoms with Crippen molar-refractivity contribution in [2.24, 2.45) is 11.8 Å². The fourth-order valence-electron chi connectivity index (χ4n) is 2.65. The maximum Gasteiger partial charge on any atom is 0.228 e. The smallest absolute Gasteiger partial charge is 0.228 e. The Bertz CT molecular complexity index is 552. The zero-order valence-electron chi connectivity index (χ0n) is 11.3. The SMILES string of the molecule is O=C([O-])c1ccc(NC(=O)[C@H]2CCCC[C@@H]2C(=O)[O-])cc1. The molecule has 0 unspecified atom stereocenters. The third kappa shape index (κ3) is 3.59. The number of hydrogen-bond acceptors (Lipinski definition) is 5. The fourth-order valence-corrected chi connectivity index (χ4v) is 2.65. The van der Waals surface area contributed by atoms with Crippen molar-refractivity contribution in [2.75, 3.05) is 5.32 Å². The molecule has 6 heteroatoms. The van der Waals surface area contributed by atoms with Crippen LogP contribution in [-0.4, -0.2) is 17.8 Å². The summed E-state index contributed by atoms with van der Waals surface area (Å²) in [6.45, 7) is 0. The van der Waals surface area contributed by atoms with Crippen LogP contribution >= 0.6 is 0 Å². The number of rotatable bonds is 4. The van der Waals surface area contributed by atoms with E-state index in [9.17, 15) is 24.6 Å². The van der Waals surface area contributed by atoms with Crippen molar-refractivity contribution in [1.29, 1.82) is 0 Å². The van der Waals surface area contributed by atoms with Crippen LogP contribution in [0.5, 0.6) is 0 Å². The Hall–Kier alpha value is -2.37. The van der Waals surface area contributed by atoms with E-state index in [0.717, 1.165) is 12.8 Å². The van der Waals surface area contributed by atoms with E-state index in [4.69, 9.17) is 0 Å². The second-order valence-electron chi connectivity index (χ2n) is 5.17. The molecule has 1 fully saturated rings. The topological polar surface area (TPSA) is 109 Å². The molecule has 21 heavy (non-hydrogen) atoms. The van der Waals surface area contributed by atoms with E-state index < -0.39 is 23.8 Å². The number of carbonyl (C=O) groups excluding carboxylic acids is 3. The summed E-state index contributed by atoms with van der Waals surface area (Å²) in [6.07, 6.45) is 2.56. The van der Waals surface area contributed by atoms with Crippen LogP contribution in [0, 0.1) is 11.8 Å². The van der Waals surface area contributed by atoms with Crippen molar-refractivity contribution in [3.63, 3.8) is 0 Å². The van der Waals surface area contributed by atoms with Crippen molar-refractivity contribution in [3.05, 3.63) is 29.8 Å². The molecule has 0 aromatic heterocycles. The lowest BCUT2D eigenvalue weighted by molar-refractivity contribution is -0.313. The van der Waals surface area contributed by atoms with Crippen LogP contribution in [0.15, 0.2) is 24.3 Å². The lowest BCUT2D eigenvalue weighted by Crippen LogP contribution is -2.42. The van der Waals surface area contributed by atoms with Crippen LogP contribution in [0.25, 0.3) is 0 Å². The summed E-state index contributed by atoms with van der Waals surface area (Å²) < 4.78 is 0. The monoisotopic (exact) mass is 289 g/mol. The summed E-state index contributed by atoms with van der Waals surface area (Å²) in [5.74, 6) is -4.23. The number of carbonyl (C=O) groups is 3. The summed E-state index contributed by atoms with van der Waals surface area (Å²) in [5.41, 5.74) is 0.436. The predicted molar refractivity (Wildman–Crippen MR) is 69.9 cm³/mol. The molecule has 1 aliphatic carbocycles. The number of nitrogens with one attached hydrogen (secondary N) is 1. The lowest BCUT2D eigenvalue weighted by Gasteiger charge is -2.31. The molecular weight excluding hydrogens is 274 g/mol. The highest BCUT2D eigenvalue weighted by Gasteiger charge is 2.31. The van der Waals surface area contributed by atoms with Gasteiger partial charge in [-0.3, -0.25) is 4.79 Å². The van der Waals surface area contributed by atoms with Gasteiger partial charge in [0.1, 0.15) is 0 Å². The third-order valence-corrected chi connectivity index (χ3v) is 3.79. The molecule has 1 amide bonds. The van der Waals surface area contributed by atoms with Gasteiger partial charge in [0.15, 0.2) is 0 Å². The van der Waals surface area contributed by atoms with Crippen molar-refractivity contribution >= 4 is 23.5 Å². The van der Waals surface area contributed by atoms with Crippen LogP contribution in [0.1, 0.15) is 36.0 Å². The van der Waals surface area contributed by atoms with E-state index in [-0.39, 0.29) is 11.5 Å². The van der Waals surface area contributed by atoms with E-state index in [1.54, 1.807) is 0 Å². The number of hydrogen-bond donors (Lipinski definition) is 1. The minimum atomic E-state index is -1.29. The second-order valence-corrected chi connectivity index (χ2v) is 5.17. The van der Waals surface area contributed by atoms with Crippen LogP contribution in [0.2, 0.25) is 0 Å². The Kier molecular flexibility index (Phi) is 4.57. The molecule has 2 rings (SSSR count). The molecule has 1 aromatic rings. The maximum absolute atomic E-state index is 12.2.